The fraction of sp³-hybridized carbons (Fsp3) is 0.538. The first-order chi connectivity index (χ1) is 18.7. The molecule has 13 nitrogen and oxygen atoms in total. The van der Waals surface area contributed by atoms with Crippen LogP contribution in [0.4, 0.5) is 0 Å². The van der Waals surface area contributed by atoms with Gasteiger partial charge >= 0.3 is 0 Å². The summed E-state index contributed by atoms with van der Waals surface area (Å²) in [6.45, 7) is 0.0281. The van der Waals surface area contributed by atoms with Crippen molar-refractivity contribution in [2.24, 2.45) is 11.8 Å². The minimum absolute atomic E-state index is 0.0951. The minimum atomic E-state index is -1.67. The molecular weight excluding hydrogens is 520 g/mol. The first-order valence-electron chi connectivity index (χ1n) is 12.4. The molecule has 0 aliphatic carbocycles. The molecule has 0 aromatic heterocycles. The van der Waals surface area contributed by atoms with E-state index in [9.17, 15) is 35.7 Å². The lowest BCUT2D eigenvalue weighted by molar-refractivity contribution is -0.277. The number of phenolic OH excluding ortho intramolecular Hbond substituents is 3. The van der Waals surface area contributed by atoms with E-state index in [0.29, 0.717) is 24.3 Å². The number of phenols is 3. The molecule has 9 atom stereocenters. The van der Waals surface area contributed by atoms with Crippen molar-refractivity contribution in [1.82, 2.24) is 0 Å². The summed E-state index contributed by atoms with van der Waals surface area (Å²) in [5, 5.41) is 70.7. The van der Waals surface area contributed by atoms with Crippen LogP contribution < -0.4 is 14.2 Å². The van der Waals surface area contributed by atoms with Crippen LogP contribution in [0.1, 0.15) is 23.3 Å². The smallest absolute Gasteiger partial charge is 0.229 e. The van der Waals surface area contributed by atoms with Gasteiger partial charge in [0.15, 0.2) is 23.0 Å². The molecule has 3 fully saturated rings. The number of aliphatic hydroxyl groups excluding tert-OH is 4. The van der Waals surface area contributed by atoms with E-state index in [1.807, 2.05) is 0 Å². The van der Waals surface area contributed by atoms with Crippen LogP contribution in [0.2, 0.25) is 0 Å². The zero-order valence-electron chi connectivity index (χ0n) is 21.2. The maximum absolute atomic E-state index is 10.9. The van der Waals surface area contributed by atoms with Gasteiger partial charge in [-0.1, -0.05) is 0 Å². The molecule has 13 heteroatoms. The van der Waals surface area contributed by atoms with E-state index in [2.05, 4.69) is 0 Å². The van der Waals surface area contributed by atoms with Gasteiger partial charge in [0, 0.05) is 11.8 Å². The SMILES string of the molecule is COc1cc([C@H]2OC[C@H]3[C@@H]2CO[C@@H]3c2cc(O)c(O[C@@H]3O[C@H](CO)[C@@H](O)[C@H](O)[C@H]3O)c(OC)c2)cc(O)c1O. The van der Waals surface area contributed by atoms with Crippen LogP contribution in [0, 0.1) is 11.8 Å². The summed E-state index contributed by atoms with van der Waals surface area (Å²) in [5.41, 5.74) is 1.20. The van der Waals surface area contributed by atoms with E-state index in [1.54, 1.807) is 12.1 Å². The lowest BCUT2D eigenvalue weighted by Crippen LogP contribution is -2.60. The zero-order valence-corrected chi connectivity index (χ0v) is 21.2. The molecule has 7 N–H and O–H groups in total. The standard InChI is InChI=1S/C26H32O13/c1-34-16-5-10(3-14(28)19(16)30)23-12-8-37-24(13(12)9-36-23)11-4-15(29)25(17(6-11)35-2)39-26-22(33)21(32)20(31)18(7-27)38-26/h3-6,12-13,18,20-24,26-33H,7-9H2,1-2H3/t12-,13-,18+,20+,21-,22+,23+,24+,26-/m0/s1. The van der Waals surface area contributed by atoms with Gasteiger partial charge in [0.2, 0.25) is 17.8 Å². The Morgan fingerprint density at radius 2 is 1.33 bits per heavy atom. The molecule has 0 saturated carbocycles. The highest BCUT2D eigenvalue weighted by Crippen LogP contribution is 2.53. The Morgan fingerprint density at radius 3 is 1.90 bits per heavy atom. The number of fused-ring (bicyclic) bond motifs is 1. The fourth-order valence-corrected chi connectivity index (χ4v) is 5.49. The van der Waals surface area contributed by atoms with Crippen molar-refractivity contribution in [3.63, 3.8) is 0 Å². The molecule has 2 aromatic carbocycles. The Morgan fingerprint density at radius 1 is 0.769 bits per heavy atom. The van der Waals surface area contributed by atoms with Gasteiger partial charge < -0.3 is 64.2 Å². The largest absolute Gasteiger partial charge is 0.504 e. The summed E-state index contributed by atoms with van der Waals surface area (Å²) in [4.78, 5) is 0. The number of hydrogen-bond donors (Lipinski definition) is 7. The second-order valence-electron chi connectivity index (χ2n) is 9.81. The molecule has 214 valence electrons. The molecular formula is C26H32O13. The summed E-state index contributed by atoms with van der Waals surface area (Å²) in [7, 11) is 2.74. The predicted molar refractivity (Wildman–Crippen MR) is 130 cm³/mol. The highest BCUT2D eigenvalue weighted by molar-refractivity contribution is 5.54. The van der Waals surface area contributed by atoms with E-state index in [4.69, 9.17) is 28.4 Å². The lowest BCUT2D eigenvalue weighted by atomic mass is 9.84. The van der Waals surface area contributed by atoms with Crippen molar-refractivity contribution in [1.29, 1.82) is 0 Å². The van der Waals surface area contributed by atoms with E-state index in [0.717, 1.165) is 0 Å². The van der Waals surface area contributed by atoms with E-state index < -0.39 is 49.5 Å². The van der Waals surface area contributed by atoms with Crippen LogP contribution in [0.25, 0.3) is 0 Å². The Kier molecular flexibility index (Phi) is 7.66. The predicted octanol–water partition coefficient (Wildman–Crippen LogP) is 0.0745. The number of rotatable bonds is 7. The average Bonchev–Trinajstić information content (AvgIpc) is 3.53. The molecule has 0 spiro atoms. The summed E-state index contributed by atoms with van der Waals surface area (Å²) in [6, 6.07) is 6.07. The van der Waals surface area contributed by atoms with Gasteiger partial charge in [0.1, 0.15) is 24.4 Å². The van der Waals surface area contributed by atoms with Gasteiger partial charge in [-0.2, -0.15) is 0 Å². The Hall–Kier alpha value is -3.04. The van der Waals surface area contributed by atoms with Gasteiger partial charge in [0.25, 0.3) is 0 Å². The highest BCUT2D eigenvalue weighted by atomic mass is 16.7. The van der Waals surface area contributed by atoms with Crippen molar-refractivity contribution in [2.45, 2.75) is 42.9 Å². The zero-order chi connectivity index (χ0) is 28.0. The maximum Gasteiger partial charge on any atom is 0.229 e. The summed E-state index contributed by atoms with van der Waals surface area (Å²) in [6.07, 6.45) is -8.48. The molecule has 39 heavy (non-hydrogen) atoms. The molecule has 2 aromatic rings. The van der Waals surface area contributed by atoms with Crippen LogP contribution in [0.15, 0.2) is 24.3 Å². The van der Waals surface area contributed by atoms with Crippen molar-refractivity contribution in [3.8, 4) is 34.5 Å². The minimum Gasteiger partial charge on any atom is -0.504 e. The second kappa shape index (κ2) is 10.8. The second-order valence-corrected chi connectivity index (χ2v) is 9.81. The number of aliphatic hydroxyl groups is 4. The molecule has 3 heterocycles. The molecule has 3 saturated heterocycles. The van der Waals surface area contributed by atoms with Crippen LogP contribution in [-0.2, 0) is 14.2 Å². The number of aromatic hydroxyl groups is 3. The number of ether oxygens (including phenoxy) is 6. The van der Waals surface area contributed by atoms with Crippen molar-refractivity contribution >= 4 is 0 Å². The van der Waals surface area contributed by atoms with Crippen LogP contribution in [0.5, 0.6) is 34.5 Å². The normalized spacial score (nSPS) is 34.1. The van der Waals surface area contributed by atoms with Gasteiger partial charge in [0.05, 0.1) is 46.2 Å². The Labute approximate surface area is 223 Å². The van der Waals surface area contributed by atoms with Crippen LogP contribution in [-0.4, -0.2) is 100 Å². The van der Waals surface area contributed by atoms with Gasteiger partial charge in [-0.15, -0.1) is 0 Å². The number of methoxy groups -OCH3 is 2. The summed E-state index contributed by atoms with van der Waals surface area (Å²) >= 11 is 0. The summed E-state index contributed by atoms with van der Waals surface area (Å²) < 4.78 is 33.7. The quantitative estimate of drug-likeness (QED) is 0.228. The van der Waals surface area contributed by atoms with E-state index in [1.165, 1.54) is 26.4 Å². The van der Waals surface area contributed by atoms with Gasteiger partial charge in [-0.25, -0.2) is 0 Å². The van der Waals surface area contributed by atoms with Crippen molar-refractivity contribution in [3.05, 3.63) is 35.4 Å². The molecule has 0 unspecified atom stereocenters. The Bertz CT molecular complexity index is 1190. The maximum atomic E-state index is 10.9. The summed E-state index contributed by atoms with van der Waals surface area (Å²) in [5.74, 6) is -1.19. The van der Waals surface area contributed by atoms with Crippen LogP contribution in [0.3, 0.4) is 0 Å². The third kappa shape index (κ3) is 4.80. The molecule has 5 rings (SSSR count). The molecule has 3 aliphatic rings. The van der Waals surface area contributed by atoms with E-state index in [-0.39, 0.29) is 46.3 Å². The average molecular weight is 553 g/mol. The third-order valence-corrected chi connectivity index (χ3v) is 7.58. The Balaban J connectivity index is 1.37. The molecule has 0 radical (unpaired) electrons. The first-order valence-corrected chi connectivity index (χ1v) is 12.4. The van der Waals surface area contributed by atoms with Crippen molar-refractivity contribution in [2.75, 3.05) is 34.0 Å². The molecule has 0 amide bonds. The first kappa shape index (κ1) is 27.5. The van der Waals surface area contributed by atoms with Crippen molar-refractivity contribution < 1.29 is 64.2 Å². The fourth-order valence-electron chi connectivity index (χ4n) is 5.49. The van der Waals surface area contributed by atoms with Gasteiger partial charge in [-0.3, -0.25) is 0 Å². The topological polar surface area (TPSA) is 197 Å². The lowest BCUT2D eigenvalue weighted by Gasteiger charge is -2.39. The molecule has 3 aliphatic heterocycles. The monoisotopic (exact) mass is 552 g/mol. The number of benzene rings is 2. The molecule has 0 bridgehead atoms. The van der Waals surface area contributed by atoms with Gasteiger partial charge in [-0.05, 0) is 35.4 Å². The number of hydrogen-bond acceptors (Lipinski definition) is 13. The van der Waals surface area contributed by atoms with E-state index >= 15 is 0 Å². The van der Waals surface area contributed by atoms with Crippen LogP contribution >= 0.6 is 0 Å². The third-order valence-electron chi connectivity index (χ3n) is 7.58. The highest BCUT2D eigenvalue weighted by Gasteiger charge is 2.49.